The predicted molar refractivity (Wildman–Crippen MR) is 91.4 cm³/mol. The maximum atomic E-state index is 12.5. The quantitative estimate of drug-likeness (QED) is 0.654. The second-order valence-corrected chi connectivity index (χ2v) is 7.33. The van der Waals surface area contributed by atoms with Crippen molar-refractivity contribution in [3.8, 4) is 0 Å². The number of hydrogen-bond acceptors (Lipinski definition) is 5. The van der Waals surface area contributed by atoms with Crippen LogP contribution in [0.2, 0.25) is 0 Å². The van der Waals surface area contributed by atoms with Crippen molar-refractivity contribution in [3.05, 3.63) is 18.2 Å². The van der Waals surface area contributed by atoms with E-state index >= 15 is 0 Å². The molecule has 1 atom stereocenters. The molecular formula is C17H27N5O3. The van der Waals surface area contributed by atoms with Crippen LogP contribution in [0, 0.1) is 11.3 Å². The molecule has 2 aliphatic rings. The number of hydrogen-bond donors (Lipinski definition) is 3. The number of aromatic nitrogens is 2. The largest absolute Gasteiger partial charge is 0.396 e. The van der Waals surface area contributed by atoms with Crippen molar-refractivity contribution in [2.75, 3.05) is 39.3 Å². The lowest BCUT2D eigenvalue weighted by atomic mass is 9.64. The van der Waals surface area contributed by atoms with Crippen molar-refractivity contribution in [3.63, 3.8) is 0 Å². The van der Waals surface area contributed by atoms with E-state index in [0.717, 1.165) is 44.6 Å². The number of imidazole rings is 1. The number of aromatic amines is 1. The highest BCUT2D eigenvalue weighted by atomic mass is 16.3. The number of primary amides is 1. The van der Waals surface area contributed by atoms with E-state index in [4.69, 9.17) is 5.73 Å². The minimum Gasteiger partial charge on any atom is -0.396 e. The first-order chi connectivity index (χ1) is 12.0. The highest BCUT2D eigenvalue weighted by Gasteiger charge is 2.45. The standard InChI is InChI=1S/C17H27N5O3/c18-15(24)10-21-4-1-17(2-5-21)3-6-22(9-13(17)11-23)16(25)7-14-8-19-12-20-14/h8,12-13,23H,1-7,9-11H2,(H2,18,24)(H,19,20)/t13-/m0/s1. The fourth-order valence-corrected chi connectivity index (χ4v) is 4.28. The van der Waals surface area contributed by atoms with Crippen molar-refractivity contribution in [1.29, 1.82) is 0 Å². The molecule has 25 heavy (non-hydrogen) atoms. The van der Waals surface area contributed by atoms with E-state index in [0.29, 0.717) is 19.5 Å². The summed E-state index contributed by atoms with van der Waals surface area (Å²) < 4.78 is 0. The minimum atomic E-state index is -0.297. The summed E-state index contributed by atoms with van der Waals surface area (Å²) in [6, 6.07) is 0. The van der Waals surface area contributed by atoms with Crippen LogP contribution in [0.4, 0.5) is 0 Å². The van der Waals surface area contributed by atoms with Crippen molar-refractivity contribution < 1.29 is 14.7 Å². The van der Waals surface area contributed by atoms with Gasteiger partial charge in [-0.1, -0.05) is 0 Å². The number of amides is 2. The molecule has 0 saturated carbocycles. The zero-order valence-electron chi connectivity index (χ0n) is 14.5. The van der Waals surface area contributed by atoms with Gasteiger partial charge in [0.25, 0.3) is 0 Å². The van der Waals surface area contributed by atoms with Crippen LogP contribution < -0.4 is 5.73 Å². The van der Waals surface area contributed by atoms with Gasteiger partial charge < -0.3 is 20.7 Å². The van der Waals surface area contributed by atoms with Gasteiger partial charge >= 0.3 is 0 Å². The number of aliphatic hydroxyl groups excluding tert-OH is 1. The van der Waals surface area contributed by atoms with Crippen LogP contribution in [0.3, 0.4) is 0 Å². The van der Waals surface area contributed by atoms with E-state index in [1.807, 2.05) is 4.90 Å². The molecular weight excluding hydrogens is 322 g/mol. The number of piperidine rings is 2. The Morgan fingerprint density at radius 3 is 2.64 bits per heavy atom. The minimum absolute atomic E-state index is 0.0632. The number of likely N-dealkylation sites (tertiary alicyclic amines) is 2. The van der Waals surface area contributed by atoms with E-state index in [-0.39, 0.29) is 29.8 Å². The Morgan fingerprint density at radius 2 is 2.04 bits per heavy atom. The van der Waals surface area contributed by atoms with E-state index in [1.54, 1.807) is 12.5 Å². The average molecular weight is 349 g/mol. The van der Waals surface area contributed by atoms with Crippen LogP contribution in [-0.2, 0) is 16.0 Å². The van der Waals surface area contributed by atoms with Gasteiger partial charge in [-0.2, -0.15) is 0 Å². The smallest absolute Gasteiger partial charge is 0.231 e. The Bertz CT molecular complexity index is 595. The van der Waals surface area contributed by atoms with Gasteiger partial charge in [0.15, 0.2) is 0 Å². The lowest BCUT2D eigenvalue weighted by Crippen LogP contribution is -2.55. The molecule has 2 aliphatic heterocycles. The fraction of sp³-hybridized carbons (Fsp3) is 0.706. The normalized spacial score (nSPS) is 23.7. The number of aliphatic hydroxyl groups is 1. The Kier molecular flexibility index (Phi) is 5.39. The zero-order valence-corrected chi connectivity index (χ0v) is 14.5. The highest BCUT2D eigenvalue weighted by molar-refractivity contribution is 5.78. The van der Waals surface area contributed by atoms with Crippen LogP contribution in [0.25, 0.3) is 0 Å². The zero-order chi connectivity index (χ0) is 17.9. The molecule has 0 radical (unpaired) electrons. The lowest BCUT2D eigenvalue weighted by Gasteiger charge is -2.51. The van der Waals surface area contributed by atoms with Gasteiger partial charge in [-0.25, -0.2) is 4.98 Å². The lowest BCUT2D eigenvalue weighted by molar-refractivity contribution is -0.137. The molecule has 4 N–H and O–H groups in total. The number of carbonyl (C=O) groups excluding carboxylic acids is 2. The van der Waals surface area contributed by atoms with Gasteiger partial charge in [0.2, 0.25) is 11.8 Å². The van der Waals surface area contributed by atoms with E-state index < -0.39 is 0 Å². The Hall–Kier alpha value is -1.93. The second kappa shape index (κ2) is 7.53. The number of rotatable bonds is 5. The van der Waals surface area contributed by atoms with Gasteiger partial charge in [-0.15, -0.1) is 0 Å². The number of H-pyrrole nitrogens is 1. The Balaban J connectivity index is 1.58. The van der Waals surface area contributed by atoms with Gasteiger partial charge in [-0.05, 0) is 37.8 Å². The third kappa shape index (κ3) is 4.01. The van der Waals surface area contributed by atoms with E-state index in [2.05, 4.69) is 14.9 Å². The SMILES string of the molecule is NC(=O)CN1CCC2(CC1)CCN(C(=O)Cc1cnc[nH]1)C[C@H]2CO. The maximum absolute atomic E-state index is 12.5. The monoisotopic (exact) mass is 349 g/mol. The molecule has 3 heterocycles. The summed E-state index contributed by atoms with van der Waals surface area (Å²) in [6.45, 7) is 3.35. The summed E-state index contributed by atoms with van der Waals surface area (Å²) >= 11 is 0. The van der Waals surface area contributed by atoms with Gasteiger partial charge in [0.1, 0.15) is 0 Å². The number of carbonyl (C=O) groups is 2. The van der Waals surface area contributed by atoms with Gasteiger partial charge in [0, 0.05) is 37.5 Å². The molecule has 0 aliphatic carbocycles. The Morgan fingerprint density at radius 1 is 1.32 bits per heavy atom. The molecule has 138 valence electrons. The summed E-state index contributed by atoms with van der Waals surface area (Å²) in [5.74, 6) is -0.139. The van der Waals surface area contributed by atoms with Crippen molar-refractivity contribution in [2.24, 2.45) is 17.1 Å². The fourth-order valence-electron chi connectivity index (χ4n) is 4.28. The maximum Gasteiger partial charge on any atom is 0.231 e. The molecule has 1 spiro atoms. The van der Waals surface area contributed by atoms with Crippen LogP contribution in [-0.4, -0.2) is 76.0 Å². The summed E-state index contributed by atoms with van der Waals surface area (Å²) in [5.41, 5.74) is 6.16. The molecule has 8 nitrogen and oxygen atoms in total. The summed E-state index contributed by atoms with van der Waals surface area (Å²) in [6.07, 6.45) is 6.34. The number of nitrogens with two attached hydrogens (primary N) is 1. The first-order valence-corrected chi connectivity index (χ1v) is 8.89. The van der Waals surface area contributed by atoms with Crippen molar-refractivity contribution in [2.45, 2.75) is 25.7 Å². The molecule has 2 saturated heterocycles. The van der Waals surface area contributed by atoms with E-state index in [9.17, 15) is 14.7 Å². The number of nitrogens with zero attached hydrogens (tertiary/aromatic N) is 3. The molecule has 1 aromatic rings. The topological polar surface area (TPSA) is 116 Å². The molecule has 3 rings (SSSR count). The van der Waals surface area contributed by atoms with Crippen molar-refractivity contribution >= 4 is 11.8 Å². The third-order valence-corrected chi connectivity index (χ3v) is 5.89. The van der Waals surface area contributed by atoms with Crippen LogP contribution in [0.1, 0.15) is 25.0 Å². The first-order valence-electron chi connectivity index (χ1n) is 8.89. The summed E-state index contributed by atoms with van der Waals surface area (Å²) in [4.78, 5) is 34.4. The predicted octanol–water partition coefficient (Wildman–Crippen LogP) is -0.639. The van der Waals surface area contributed by atoms with Gasteiger partial charge in [0.05, 0.1) is 19.3 Å². The summed E-state index contributed by atoms with van der Waals surface area (Å²) in [5, 5.41) is 9.93. The molecule has 0 bridgehead atoms. The third-order valence-electron chi connectivity index (χ3n) is 5.89. The summed E-state index contributed by atoms with van der Waals surface area (Å²) in [7, 11) is 0. The van der Waals surface area contributed by atoms with Crippen LogP contribution in [0.5, 0.6) is 0 Å². The van der Waals surface area contributed by atoms with Crippen LogP contribution in [0.15, 0.2) is 12.5 Å². The van der Waals surface area contributed by atoms with E-state index in [1.165, 1.54) is 0 Å². The first kappa shape index (κ1) is 17.9. The molecule has 2 fully saturated rings. The highest BCUT2D eigenvalue weighted by Crippen LogP contribution is 2.45. The number of nitrogens with one attached hydrogen (secondary N) is 1. The molecule has 0 unspecified atom stereocenters. The molecule has 8 heteroatoms. The second-order valence-electron chi connectivity index (χ2n) is 7.33. The Labute approximate surface area is 147 Å². The molecule has 1 aromatic heterocycles. The van der Waals surface area contributed by atoms with Crippen LogP contribution >= 0.6 is 0 Å². The van der Waals surface area contributed by atoms with Gasteiger partial charge in [-0.3, -0.25) is 14.5 Å². The van der Waals surface area contributed by atoms with Crippen molar-refractivity contribution in [1.82, 2.24) is 19.8 Å². The molecule has 0 aromatic carbocycles. The average Bonchev–Trinajstić information content (AvgIpc) is 3.10. The molecule has 2 amide bonds.